The predicted molar refractivity (Wildman–Crippen MR) is 101 cm³/mol. The first-order chi connectivity index (χ1) is 12.2. The number of H-pyrrole nitrogens is 1. The van der Waals surface area contributed by atoms with Crippen LogP contribution < -0.4 is 0 Å². The number of carbonyl (C=O) groups excluding carboxylic acids is 3. The molecule has 1 heterocycles. The van der Waals surface area contributed by atoms with Gasteiger partial charge in [0.25, 0.3) is 5.91 Å². The van der Waals surface area contributed by atoms with Crippen LogP contribution in [0, 0.1) is 13.8 Å². The summed E-state index contributed by atoms with van der Waals surface area (Å²) >= 11 is 3.44. The number of esters is 1. The highest BCUT2D eigenvalue weighted by Gasteiger charge is 2.22. The number of hydrogen-bond acceptors (Lipinski definition) is 4. The number of rotatable bonds is 6. The maximum Gasteiger partial charge on any atom is 0.355 e. The minimum absolute atomic E-state index is 0.125. The van der Waals surface area contributed by atoms with Crippen molar-refractivity contribution >= 4 is 33.6 Å². The van der Waals surface area contributed by atoms with Gasteiger partial charge in [-0.3, -0.25) is 9.59 Å². The van der Waals surface area contributed by atoms with Crippen LogP contribution in [0.3, 0.4) is 0 Å². The second kappa shape index (κ2) is 8.31. The number of aromatic nitrogens is 1. The molecule has 26 heavy (non-hydrogen) atoms. The van der Waals surface area contributed by atoms with Crippen LogP contribution >= 0.6 is 15.9 Å². The molecule has 2 rings (SSSR count). The van der Waals surface area contributed by atoms with E-state index in [1.165, 1.54) is 11.8 Å². The summed E-state index contributed by atoms with van der Waals surface area (Å²) in [5.74, 6) is -1.10. The van der Waals surface area contributed by atoms with Gasteiger partial charge in [0, 0.05) is 29.3 Å². The number of nitrogens with zero attached hydrogens (tertiary/aromatic N) is 1. The Hall–Kier alpha value is -2.41. The molecule has 0 fully saturated rings. The van der Waals surface area contributed by atoms with Gasteiger partial charge in [-0.25, -0.2) is 4.79 Å². The Labute approximate surface area is 160 Å². The average molecular weight is 421 g/mol. The van der Waals surface area contributed by atoms with Gasteiger partial charge < -0.3 is 14.6 Å². The van der Waals surface area contributed by atoms with Crippen LogP contribution in [0.5, 0.6) is 0 Å². The average Bonchev–Trinajstić information content (AvgIpc) is 2.89. The molecule has 6 nitrogen and oxygen atoms in total. The minimum atomic E-state index is -0.652. The molecule has 1 aromatic heterocycles. The van der Waals surface area contributed by atoms with E-state index in [0.29, 0.717) is 23.4 Å². The third kappa shape index (κ3) is 4.40. The normalized spacial score (nSPS) is 10.5. The SMILES string of the molecule is CC(=O)c1c(C)[nH]c(C(=O)OCC(=O)N(C)Cc2ccccc2Br)c1C. The Balaban J connectivity index is 1.99. The zero-order valence-electron chi connectivity index (χ0n) is 15.2. The summed E-state index contributed by atoms with van der Waals surface area (Å²) in [6.07, 6.45) is 0. The summed E-state index contributed by atoms with van der Waals surface area (Å²) in [6.45, 7) is 4.87. The Kier molecular flexibility index (Phi) is 6.37. The van der Waals surface area contributed by atoms with Crippen molar-refractivity contribution in [2.24, 2.45) is 0 Å². The molecule has 0 aliphatic rings. The zero-order chi connectivity index (χ0) is 19.4. The fourth-order valence-electron chi connectivity index (χ4n) is 2.76. The molecule has 0 saturated heterocycles. The molecule has 0 atom stereocenters. The zero-order valence-corrected chi connectivity index (χ0v) is 16.8. The van der Waals surface area contributed by atoms with Crippen LogP contribution in [0.1, 0.15) is 44.6 Å². The molecule has 0 spiro atoms. The quantitative estimate of drug-likeness (QED) is 0.573. The first-order valence-electron chi connectivity index (χ1n) is 8.07. The van der Waals surface area contributed by atoms with Gasteiger partial charge in [0.1, 0.15) is 5.69 Å². The summed E-state index contributed by atoms with van der Waals surface area (Å²) in [4.78, 5) is 40.5. The summed E-state index contributed by atoms with van der Waals surface area (Å²) in [7, 11) is 1.65. The largest absolute Gasteiger partial charge is 0.451 e. The number of aryl methyl sites for hydroxylation is 1. The van der Waals surface area contributed by atoms with Crippen molar-refractivity contribution in [3.63, 3.8) is 0 Å². The molecule has 7 heteroatoms. The van der Waals surface area contributed by atoms with E-state index in [1.54, 1.807) is 20.9 Å². The van der Waals surface area contributed by atoms with Gasteiger partial charge in [-0.1, -0.05) is 34.1 Å². The highest BCUT2D eigenvalue weighted by molar-refractivity contribution is 9.10. The first-order valence-corrected chi connectivity index (χ1v) is 8.86. The van der Waals surface area contributed by atoms with Crippen molar-refractivity contribution in [3.05, 3.63) is 56.8 Å². The number of likely N-dealkylation sites (N-methyl/N-ethyl adjacent to an activating group) is 1. The molecule has 0 aliphatic heterocycles. The van der Waals surface area contributed by atoms with Crippen LogP contribution in [-0.2, 0) is 16.1 Å². The van der Waals surface area contributed by atoms with E-state index in [1.807, 2.05) is 24.3 Å². The minimum Gasteiger partial charge on any atom is -0.451 e. The van der Waals surface area contributed by atoms with E-state index in [2.05, 4.69) is 20.9 Å². The highest BCUT2D eigenvalue weighted by atomic mass is 79.9. The van der Waals surface area contributed by atoms with Crippen molar-refractivity contribution in [2.75, 3.05) is 13.7 Å². The van der Waals surface area contributed by atoms with Gasteiger partial charge in [0.15, 0.2) is 12.4 Å². The number of amides is 1. The van der Waals surface area contributed by atoms with Gasteiger partial charge >= 0.3 is 5.97 Å². The van der Waals surface area contributed by atoms with E-state index in [9.17, 15) is 14.4 Å². The Morgan fingerprint density at radius 2 is 1.85 bits per heavy atom. The molecule has 0 aliphatic carbocycles. The first kappa shape index (κ1) is 19.9. The molecule has 0 radical (unpaired) electrons. The highest BCUT2D eigenvalue weighted by Crippen LogP contribution is 2.20. The Bertz CT molecular complexity index is 857. The Morgan fingerprint density at radius 3 is 2.42 bits per heavy atom. The molecule has 138 valence electrons. The molecule has 2 aromatic rings. The van der Waals surface area contributed by atoms with Crippen molar-refractivity contribution in [2.45, 2.75) is 27.3 Å². The van der Waals surface area contributed by atoms with Crippen LogP contribution in [0.15, 0.2) is 28.7 Å². The topological polar surface area (TPSA) is 79.5 Å². The fourth-order valence-corrected chi connectivity index (χ4v) is 3.17. The number of carbonyl (C=O) groups is 3. The monoisotopic (exact) mass is 420 g/mol. The number of benzene rings is 1. The van der Waals surface area contributed by atoms with Crippen molar-refractivity contribution < 1.29 is 19.1 Å². The standard InChI is InChI=1S/C19H21BrN2O4/c1-11-17(13(3)23)12(2)21-18(11)19(25)26-10-16(24)22(4)9-14-7-5-6-8-15(14)20/h5-8,21H,9-10H2,1-4H3. The molecule has 1 N–H and O–H groups in total. The van der Waals surface area contributed by atoms with Crippen LogP contribution in [0.25, 0.3) is 0 Å². The second-order valence-corrected chi connectivity index (χ2v) is 6.95. The number of aromatic amines is 1. The molecule has 0 unspecified atom stereocenters. The van der Waals surface area contributed by atoms with Crippen molar-refractivity contribution in [3.8, 4) is 0 Å². The number of halogens is 1. The number of Topliss-reactive ketones (excluding diaryl/α,β-unsaturated/α-hetero) is 1. The maximum absolute atomic E-state index is 12.3. The lowest BCUT2D eigenvalue weighted by Crippen LogP contribution is -2.31. The van der Waals surface area contributed by atoms with E-state index < -0.39 is 5.97 Å². The van der Waals surface area contributed by atoms with Crippen molar-refractivity contribution in [1.82, 2.24) is 9.88 Å². The molecule has 0 saturated carbocycles. The number of ether oxygens (including phenoxy) is 1. The predicted octanol–water partition coefficient (Wildman–Crippen LogP) is 3.41. The van der Waals surface area contributed by atoms with E-state index >= 15 is 0 Å². The molecule has 0 bridgehead atoms. The Morgan fingerprint density at radius 1 is 1.19 bits per heavy atom. The van der Waals surface area contributed by atoms with Crippen LogP contribution in [-0.4, -0.2) is 41.2 Å². The maximum atomic E-state index is 12.3. The van der Waals surface area contributed by atoms with Gasteiger partial charge in [-0.05, 0) is 38.0 Å². The molecular weight excluding hydrogens is 400 g/mol. The van der Waals surface area contributed by atoms with Gasteiger partial charge in [-0.15, -0.1) is 0 Å². The third-order valence-corrected chi connectivity index (χ3v) is 4.89. The number of nitrogens with one attached hydrogen (secondary N) is 1. The molecular formula is C19H21BrN2O4. The lowest BCUT2D eigenvalue weighted by molar-refractivity contribution is -0.133. The van der Waals surface area contributed by atoms with Crippen LogP contribution in [0.4, 0.5) is 0 Å². The second-order valence-electron chi connectivity index (χ2n) is 6.10. The van der Waals surface area contributed by atoms with Gasteiger partial charge in [-0.2, -0.15) is 0 Å². The lowest BCUT2D eigenvalue weighted by atomic mass is 10.1. The summed E-state index contributed by atoms with van der Waals surface area (Å²) < 4.78 is 6.03. The summed E-state index contributed by atoms with van der Waals surface area (Å²) in [5.41, 5.74) is 2.79. The van der Waals surface area contributed by atoms with E-state index in [4.69, 9.17) is 4.74 Å². The lowest BCUT2D eigenvalue weighted by Gasteiger charge is -2.18. The number of hydrogen-bond donors (Lipinski definition) is 1. The third-order valence-electron chi connectivity index (χ3n) is 4.11. The summed E-state index contributed by atoms with van der Waals surface area (Å²) in [6, 6.07) is 7.60. The number of ketones is 1. The molecule has 1 amide bonds. The van der Waals surface area contributed by atoms with E-state index in [0.717, 1.165) is 10.0 Å². The van der Waals surface area contributed by atoms with Gasteiger partial charge in [0.05, 0.1) is 0 Å². The smallest absolute Gasteiger partial charge is 0.355 e. The van der Waals surface area contributed by atoms with Gasteiger partial charge in [0.2, 0.25) is 0 Å². The molecule has 1 aromatic carbocycles. The fraction of sp³-hybridized carbons (Fsp3) is 0.316. The van der Waals surface area contributed by atoms with E-state index in [-0.39, 0.29) is 24.0 Å². The van der Waals surface area contributed by atoms with Crippen molar-refractivity contribution in [1.29, 1.82) is 0 Å². The summed E-state index contributed by atoms with van der Waals surface area (Å²) in [5, 5.41) is 0. The van der Waals surface area contributed by atoms with Crippen LogP contribution in [0.2, 0.25) is 0 Å².